The fraction of sp³-hybridized carbons (Fsp3) is 0.263. The first kappa shape index (κ1) is 20.3. The van der Waals surface area contributed by atoms with E-state index in [1.165, 1.54) is 0 Å². The third kappa shape index (κ3) is 4.49. The van der Waals surface area contributed by atoms with Gasteiger partial charge in [0.2, 0.25) is 5.91 Å². The first-order chi connectivity index (χ1) is 13.1. The summed E-state index contributed by atoms with van der Waals surface area (Å²) in [6.45, 7) is 0. The molecule has 0 spiro atoms. The number of nitrogens with one attached hydrogen (secondary N) is 1. The van der Waals surface area contributed by atoms with Crippen molar-refractivity contribution in [3.05, 3.63) is 64.9 Å². The lowest BCUT2D eigenvalue weighted by Crippen LogP contribution is -2.37. The summed E-state index contributed by atoms with van der Waals surface area (Å²) < 4.78 is 1.64. The van der Waals surface area contributed by atoms with Crippen LogP contribution in [0.2, 0.25) is 5.02 Å². The molecule has 1 aliphatic carbocycles. The van der Waals surface area contributed by atoms with E-state index in [0.717, 1.165) is 24.2 Å². The van der Waals surface area contributed by atoms with Gasteiger partial charge >= 0.3 is 0 Å². The Morgan fingerprint density at radius 2 is 2.00 bits per heavy atom. The van der Waals surface area contributed by atoms with Crippen molar-refractivity contribution in [1.29, 1.82) is 0 Å². The Morgan fingerprint density at radius 3 is 2.71 bits per heavy atom. The number of rotatable bonds is 6. The van der Waals surface area contributed by atoms with Gasteiger partial charge in [0, 0.05) is 11.6 Å². The predicted octanol–water partition coefficient (Wildman–Crippen LogP) is 3.12. The lowest BCUT2D eigenvalue weighted by molar-refractivity contribution is -0.117. The largest absolute Gasteiger partial charge is 0.325 e. The molecule has 0 unspecified atom stereocenters. The summed E-state index contributed by atoms with van der Waals surface area (Å²) >= 11 is 6.34. The van der Waals surface area contributed by atoms with Crippen molar-refractivity contribution >= 4 is 35.6 Å². The third-order valence-corrected chi connectivity index (χ3v) is 4.83. The highest BCUT2D eigenvalue weighted by Gasteiger charge is 2.30. The molecular formula is C19H20Cl2N6O. The van der Waals surface area contributed by atoms with Crippen LogP contribution in [0.4, 0.5) is 5.69 Å². The summed E-state index contributed by atoms with van der Waals surface area (Å²) in [5, 5.41) is 15.3. The third-order valence-electron chi connectivity index (χ3n) is 4.51. The van der Waals surface area contributed by atoms with Gasteiger partial charge in [0.25, 0.3) is 0 Å². The molecular weight excluding hydrogens is 399 g/mol. The van der Waals surface area contributed by atoms with Crippen LogP contribution >= 0.6 is 24.0 Å². The number of aromatic nitrogens is 4. The number of carbonyl (C=O) groups is 1. The van der Waals surface area contributed by atoms with Gasteiger partial charge in [0.05, 0.1) is 16.8 Å². The molecule has 1 saturated carbocycles. The van der Waals surface area contributed by atoms with Gasteiger partial charge < -0.3 is 11.1 Å². The van der Waals surface area contributed by atoms with Crippen LogP contribution in [0.3, 0.4) is 0 Å². The molecule has 1 aliphatic rings. The molecule has 0 aliphatic heterocycles. The molecule has 0 bridgehead atoms. The summed E-state index contributed by atoms with van der Waals surface area (Å²) in [5.74, 6) is 0.904. The highest BCUT2D eigenvalue weighted by molar-refractivity contribution is 6.32. The highest BCUT2D eigenvalue weighted by atomic mass is 35.5. The summed E-state index contributed by atoms with van der Waals surface area (Å²) in [6, 6.07) is 14.2. The van der Waals surface area contributed by atoms with Crippen LogP contribution in [-0.2, 0) is 11.2 Å². The molecule has 9 heteroatoms. The molecule has 146 valence electrons. The smallest absolute Gasteiger partial charge is 0.241 e. The Balaban J connectivity index is 0.00000225. The van der Waals surface area contributed by atoms with E-state index in [9.17, 15) is 4.79 Å². The van der Waals surface area contributed by atoms with E-state index in [-0.39, 0.29) is 18.3 Å². The number of hydrogen-bond donors (Lipinski definition) is 2. The van der Waals surface area contributed by atoms with Gasteiger partial charge in [-0.1, -0.05) is 41.9 Å². The maximum Gasteiger partial charge on any atom is 0.241 e. The molecule has 1 fully saturated rings. The minimum absolute atomic E-state index is 0. The van der Waals surface area contributed by atoms with E-state index in [2.05, 4.69) is 20.8 Å². The van der Waals surface area contributed by atoms with E-state index in [4.69, 9.17) is 17.3 Å². The van der Waals surface area contributed by atoms with Gasteiger partial charge in [-0.3, -0.25) is 4.79 Å². The number of nitrogens with zero attached hydrogens (tertiary/aromatic N) is 4. The number of amides is 1. The zero-order valence-electron chi connectivity index (χ0n) is 15.0. The van der Waals surface area contributed by atoms with Crippen molar-refractivity contribution in [1.82, 2.24) is 20.2 Å². The second-order valence-corrected chi connectivity index (χ2v) is 7.08. The summed E-state index contributed by atoms with van der Waals surface area (Å²) in [7, 11) is 0. The molecule has 1 atom stereocenters. The molecule has 2 aromatic carbocycles. The number of carbonyl (C=O) groups excluding carboxylic acids is 1. The number of anilines is 1. The monoisotopic (exact) mass is 418 g/mol. The molecule has 1 aromatic heterocycles. The topological polar surface area (TPSA) is 98.7 Å². The molecule has 0 saturated heterocycles. The van der Waals surface area contributed by atoms with Gasteiger partial charge in [-0.25, -0.2) is 0 Å². The summed E-state index contributed by atoms with van der Waals surface area (Å²) in [5.41, 5.74) is 8.30. The summed E-state index contributed by atoms with van der Waals surface area (Å²) in [4.78, 5) is 12.5. The average molecular weight is 419 g/mol. The Hall–Kier alpha value is -2.48. The average Bonchev–Trinajstić information content (AvgIpc) is 3.41. The normalized spacial score (nSPS) is 14.2. The van der Waals surface area contributed by atoms with Crippen molar-refractivity contribution in [2.45, 2.75) is 31.2 Å². The first-order valence-corrected chi connectivity index (χ1v) is 9.18. The van der Waals surface area contributed by atoms with Crippen molar-refractivity contribution < 1.29 is 4.79 Å². The molecule has 4 rings (SSSR count). The lowest BCUT2D eigenvalue weighted by atomic mass is 10.1. The van der Waals surface area contributed by atoms with Crippen molar-refractivity contribution in [3.63, 3.8) is 0 Å². The van der Waals surface area contributed by atoms with Crippen molar-refractivity contribution in [3.8, 4) is 5.69 Å². The van der Waals surface area contributed by atoms with Crippen LogP contribution in [0.25, 0.3) is 5.69 Å². The fourth-order valence-electron chi connectivity index (χ4n) is 2.91. The van der Waals surface area contributed by atoms with E-state index in [0.29, 0.717) is 28.7 Å². The fourth-order valence-corrected chi connectivity index (χ4v) is 3.11. The molecule has 7 nitrogen and oxygen atoms in total. The SMILES string of the molecule is Cl.N[C@@H](Cc1ccccc1)C(=O)Nc1ccc(Cl)c(-n2nnnc2C2CC2)c1. The van der Waals surface area contributed by atoms with E-state index >= 15 is 0 Å². The number of halogens is 2. The van der Waals surface area contributed by atoms with E-state index in [1.54, 1.807) is 22.9 Å². The van der Waals surface area contributed by atoms with Gasteiger partial charge in [-0.2, -0.15) is 4.68 Å². The van der Waals surface area contributed by atoms with Crippen LogP contribution in [-0.4, -0.2) is 32.2 Å². The highest BCUT2D eigenvalue weighted by Crippen LogP contribution is 2.39. The zero-order valence-corrected chi connectivity index (χ0v) is 16.5. The second-order valence-electron chi connectivity index (χ2n) is 6.67. The Labute approximate surface area is 173 Å². The van der Waals surface area contributed by atoms with Crippen LogP contribution in [0.5, 0.6) is 0 Å². The van der Waals surface area contributed by atoms with Gasteiger partial charge in [0.1, 0.15) is 0 Å². The molecule has 3 N–H and O–H groups in total. The molecule has 28 heavy (non-hydrogen) atoms. The number of hydrogen-bond acceptors (Lipinski definition) is 5. The second kappa shape index (κ2) is 8.68. The van der Waals surface area contributed by atoms with Gasteiger partial charge in [-0.05, 0) is 53.5 Å². The number of benzene rings is 2. The zero-order chi connectivity index (χ0) is 18.8. The number of tetrazole rings is 1. The van der Waals surface area contributed by atoms with Crippen LogP contribution in [0.1, 0.15) is 30.1 Å². The van der Waals surface area contributed by atoms with Gasteiger partial charge in [-0.15, -0.1) is 17.5 Å². The Morgan fingerprint density at radius 1 is 1.25 bits per heavy atom. The summed E-state index contributed by atoms with van der Waals surface area (Å²) in [6.07, 6.45) is 2.61. The predicted molar refractivity (Wildman–Crippen MR) is 110 cm³/mol. The molecule has 0 radical (unpaired) electrons. The molecule has 1 amide bonds. The van der Waals surface area contributed by atoms with E-state index < -0.39 is 6.04 Å². The molecule has 3 aromatic rings. The van der Waals surface area contributed by atoms with Crippen LogP contribution in [0.15, 0.2) is 48.5 Å². The standard InChI is InChI=1S/C19H19ClN6O.ClH/c20-15-9-8-14(11-17(15)26-18(13-6-7-13)23-24-25-26)22-19(27)16(21)10-12-4-2-1-3-5-12;/h1-5,8-9,11,13,16H,6-7,10,21H2,(H,22,27);1H/t16-;/m0./s1. The van der Waals surface area contributed by atoms with Crippen molar-refractivity contribution in [2.24, 2.45) is 5.73 Å². The van der Waals surface area contributed by atoms with E-state index in [1.807, 2.05) is 30.3 Å². The number of nitrogens with two attached hydrogens (primary N) is 1. The van der Waals surface area contributed by atoms with Crippen LogP contribution < -0.4 is 11.1 Å². The first-order valence-electron chi connectivity index (χ1n) is 8.80. The Bertz CT molecular complexity index is 958. The minimum Gasteiger partial charge on any atom is -0.325 e. The maximum atomic E-state index is 12.5. The van der Waals surface area contributed by atoms with Crippen molar-refractivity contribution in [2.75, 3.05) is 5.32 Å². The molecule has 1 heterocycles. The Kier molecular flexibility index (Phi) is 6.28. The lowest BCUT2D eigenvalue weighted by Gasteiger charge is -2.14. The quantitative estimate of drug-likeness (QED) is 0.640. The van der Waals surface area contributed by atoms with Crippen LogP contribution in [0, 0.1) is 0 Å². The maximum absolute atomic E-state index is 12.5. The van der Waals surface area contributed by atoms with Gasteiger partial charge in [0.15, 0.2) is 5.82 Å². The minimum atomic E-state index is -0.651.